The van der Waals surface area contributed by atoms with Crippen LogP contribution in [0.1, 0.15) is 24.8 Å². The summed E-state index contributed by atoms with van der Waals surface area (Å²) in [6, 6.07) is 18.8. The second-order valence-corrected chi connectivity index (χ2v) is 10.2. The number of fused-ring (bicyclic) bond motifs is 1. The van der Waals surface area contributed by atoms with Crippen LogP contribution in [-0.4, -0.2) is 71.2 Å². The lowest BCUT2D eigenvalue weighted by Gasteiger charge is -2.36. The normalized spacial score (nSPS) is 16.4. The molecule has 200 valence electrons. The van der Waals surface area contributed by atoms with Gasteiger partial charge < -0.3 is 19.9 Å². The highest BCUT2D eigenvalue weighted by molar-refractivity contribution is 5.94. The first kappa shape index (κ1) is 25.2. The van der Waals surface area contributed by atoms with Crippen LogP contribution < -0.4 is 10.2 Å². The molecule has 1 amide bonds. The lowest BCUT2D eigenvalue weighted by Crippen LogP contribution is -2.49. The Kier molecular flexibility index (Phi) is 7.63. The molecule has 0 atom stereocenters. The molecular weight excluding hydrogens is 488 g/mol. The molecule has 4 aromatic rings. The molecule has 8 heteroatoms. The van der Waals surface area contributed by atoms with E-state index in [0.717, 1.165) is 79.2 Å². The predicted molar refractivity (Wildman–Crippen MR) is 154 cm³/mol. The van der Waals surface area contributed by atoms with Gasteiger partial charge >= 0.3 is 0 Å². The number of carbonyl (C=O) groups excluding carboxylic acids is 1. The minimum absolute atomic E-state index is 0.218. The number of aromatic nitrogens is 3. The molecule has 0 radical (unpaired) electrons. The highest BCUT2D eigenvalue weighted by Crippen LogP contribution is 2.31. The lowest BCUT2D eigenvalue weighted by molar-refractivity contribution is -0.131. The van der Waals surface area contributed by atoms with E-state index in [1.165, 1.54) is 5.56 Å². The quantitative estimate of drug-likeness (QED) is 0.381. The molecule has 2 aliphatic rings. The molecular formula is C31H34N6O2. The number of carbonyl (C=O) groups is 1. The van der Waals surface area contributed by atoms with Gasteiger partial charge in [-0.05, 0) is 49.1 Å². The second kappa shape index (κ2) is 11.8. The molecule has 2 aliphatic heterocycles. The molecule has 2 fully saturated rings. The monoisotopic (exact) mass is 522 g/mol. The molecule has 3 aromatic heterocycles. The molecule has 8 nitrogen and oxygen atoms in total. The Morgan fingerprint density at radius 2 is 1.79 bits per heavy atom. The number of benzene rings is 1. The van der Waals surface area contributed by atoms with Gasteiger partial charge in [0.05, 0.1) is 5.69 Å². The van der Waals surface area contributed by atoms with Gasteiger partial charge in [-0.15, -0.1) is 0 Å². The molecule has 5 heterocycles. The minimum Gasteiger partial charge on any atom is -0.381 e. The smallest absolute Gasteiger partial charge is 0.223 e. The zero-order valence-electron chi connectivity index (χ0n) is 22.1. The van der Waals surface area contributed by atoms with E-state index < -0.39 is 0 Å². The Morgan fingerprint density at radius 3 is 2.62 bits per heavy atom. The van der Waals surface area contributed by atoms with Gasteiger partial charge in [0.1, 0.15) is 11.6 Å². The summed E-state index contributed by atoms with van der Waals surface area (Å²) >= 11 is 0. The van der Waals surface area contributed by atoms with Crippen molar-refractivity contribution in [1.29, 1.82) is 0 Å². The van der Waals surface area contributed by atoms with Crippen molar-refractivity contribution in [1.82, 2.24) is 19.9 Å². The Bertz CT molecular complexity index is 1420. The van der Waals surface area contributed by atoms with Gasteiger partial charge in [-0.25, -0.2) is 9.97 Å². The van der Waals surface area contributed by atoms with E-state index in [1.54, 1.807) is 0 Å². The number of hydrogen-bond acceptors (Lipinski definition) is 7. The average Bonchev–Trinajstić information content (AvgIpc) is 3.00. The Morgan fingerprint density at radius 1 is 0.974 bits per heavy atom. The van der Waals surface area contributed by atoms with Crippen molar-refractivity contribution in [2.24, 2.45) is 0 Å². The van der Waals surface area contributed by atoms with Crippen LogP contribution >= 0.6 is 0 Å². The number of ether oxygens (including phenoxy) is 1. The summed E-state index contributed by atoms with van der Waals surface area (Å²) < 4.78 is 5.49. The summed E-state index contributed by atoms with van der Waals surface area (Å²) in [4.78, 5) is 31.3. The highest BCUT2D eigenvalue weighted by Gasteiger charge is 2.24. The van der Waals surface area contributed by atoms with E-state index in [0.29, 0.717) is 25.6 Å². The van der Waals surface area contributed by atoms with Gasteiger partial charge in [0.25, 0.3) is 0 Å². The third-order valence-electron chi connectivity index (χ3n) is 7.64. The van der Waals surface area contributed by atoms with E-state index in [4.69, 9.17) is 9.72 Å². The van der Waals surface area contributed by atoms with E-state index in [9.17, 15) is 4.79 Å². The van der Waals surface area contributed by atoms with Crippen LogP contribution in [0, 0.1) is 0 Å². The molecule has 0 aliphatic carbocycles. The number of piperazine rings is 1. The summed E-state index contributed by atoms with van der Waals surface area (Å²) in [6.07, 6.45) is 8.84. The fourth-order valence-corrected chi connectivity index (χ4v) is 5.41. The molecule has 0 saturated carbocycles. The van der Waals surface area contributed by atoms with E-state index in [-0.39, 0.29) is 5.91 Å². The maximum atomic E-state index is 12.9. The number of aryl methyl sites for hydroxylation is 1. The average molecular weight is 523 g/mol. The molecule has 0 spiro atoms. The van der Waals surface area contributed by atoms with E-state index in [2.05, 4.69) is 44.5 Å². The Labute approximate surface area is 229 Å². The molecule has 6 rings (SSSR count). The SMILES string of the molecule is O=C(CCc1ccccc1)N1CCN(c2nc(-c3ccnc(NC4CCOCC4)c3)cc3cnccc23)CC1. The zero-order chi connectivity index (χ0) is 26.4. The van der Waals surface area contributed by atoms with E-state index in [1.807, 2.05) is 53.8 Å². The number of hydrogen-bond donors (Lipinski definition) is 1. The number of pyridine rings is 3. The van der Waals surface area contributed by atoms with Crippen LogP contribution in [0.3, 0.4) is 0 Å². The van der Waals surface area contributed by atoms with Crippen LogP contribution in [0.5, 0.6) is 0 Å². The number of amides is 1. The zero-order valence-corrected chi connectivity index (χ0v) is 22.1. The molecule has 39 heavy (non-hydrogen) atoms. The Balaban J connectivity index is 1.18. The highest BCUT2D eigenvalue weighted by atomic mass is 16.5. The first-order valence-electron chi connectivity index (χ1n) is 13.8. The van der Waals surface area contributed by atoms with Crippen LogP contribution in [0.4, 0.5) is 11.6 Å². The first-order chi connectivity index (χ1) is 19.2. The third-order valence-corrected chi connectivity index (χ3v) is 7.64. The first-order valence-corrected chi connectivity index (χ1v) is 13.8. The third kappa shape index (κ3) is 6.01. The van der Waals surface area contributed by atoms with Crippen LogP contribution in [0.2, 0.25) is 0 Å². The fourth-order valence-electron chi connectivity index (χ4n) is 5.41. The van der Waals surface area contributed by atoms with Gasteiger partial charge in [0, 0.05) is 86.8 Å². The van der Waals surface area contributed by atoms with E-state index >= 15 is 0 Å². The van der Waals surface area contributed by atoms with Crippen molar-refractivity contribution < 1.29 is 9.53 Å². The second-order valence-electron chi connectivity index (χ2n) is 10.2. The van der Waals surface area contributed by atoms with Crippen LogP contribution in [0.25, 0.3) is 22.0 Å². The van der Waals surface area contributed by atoms with Crippen molar-refractivity contribution in [2.45, 2.75) is 31.7 Å². The standard InChI is InChI=1S/C31H34N6O2/c38-30(7-6-23-4-2-1-3-5-23)36-14-16-37(17-15-36)31-27-9-12-32-22-25(27)20-28(35-31)24-8-13-33-29(21-24)34-26-10-18-39-19-11-26/h1-5,8-9,12-13,20-22,26H,6-7,10-11,14-19H2,(H,33,34). The number of nitrogens with zero attached hydrogens (tertiary/aromatic N) is 5. The fraction of sp³-hybridized carbons (Fsp3) is 0.355. The van der Waals surface area contributed by atoms with Gasteiger partial charge in [0.15, 0.2) is 0 Å². The molecule has 0 bridgehead atoms. The van der Waals surface area contributed by atoms with Crippen LogP contribution in [-0.2, 0) is 16.0 Å². The summed E-state index contributed by atoms with van der Waals surface area (Å²) in [5.74, 6) is 2.02. The van der Waals surface area contributed by atoms with Crippen LogP contribution in [0.15, 0.2) is 73.2 Å². The molecule has 1 aromatic carbocycles. The van der Waals surface area contributed by atoms with Gasteiger partial charge in [-0.3, -0.25) is 9.78 Å². The van der Waals surface area contributed by atoms with Crippen molar-refractivity contribution in [3.63, 3.8) is 0 Å². The summed E-state index contributed by atoms with van der Waals surface area (Å²) in [7, 11) is 0. The lowest BCUT2D eigenvalue weighted by atomic mass is 10.1. The molecule has 0 unspecified atom stereocenters. The van der Waals surface area contributed by atoms with Crippen molar-refractivity contribution in [3.8, 4) is 11.3 Å². The number of anilines is 2. The van der Waals surface area contributed by atoms with Gasteiger partial charge in [-0.2, -0.15) is 0 Å². The topological polar surface area (TPSA) is 83.5 Å². The summed E-state index contributed by atoms with van der Waals surface area (Å²) in [6.45, 7) is 4.45. The maximum Gasteiger partial charge on any atom is 0.223 e. The maximum absolute atomic E-state index is 12.9. The largest absolute Gasteiger partial charge is 0.381 e. The summed E-state index contributed by atoms with van der Waals surface area (Å²) in [5, 5.41) is 5.69. The molecule has 2 saturated heterocycles. The summed E-state index contributed by atoms with van der Waals surface area (Å²) in [5.41, 5.74) is 3.11. The molecule has 1 N–H and O–H groups in total. The van der Waals surface area contributed by atoms with Gasteiger partial charge in [-0.1, -0.05) is 30.3 Å². The number of nitrogens with one attached hydrogen (secondary N) is 1. The predicted octanol–water partition coefficient (Wildman–Crippen LogP) is 4.56. The van der Waals surface area contributed by atoms with Crippen molar-refractivity contribution in [2.75, 3.05) is 49.6 Å². The number of rotatable bonds is 7. The van der Waals surface area contributed by atoms with Crippen molar-refractivity contribution >= 4 is 28.3 Å². The minimum atomic E-state index is 0.218. The van der Waals surface area contributed by atoms with Crippen molar-refractivity contribution in [3.05, 3.63) is 78.8 Å². The van der Waals surface area contributed by atoms with Gasteiger partial charge in [0.2, 0.25) is 5.91 Å². The Hall–Kier alpha value is -4.04.